The minimum Gasteiger partial charge on any atom is -0.383 e. The van der Waals surface area contributed by atoms with Crippen LogP contribution in [0.25, 0.3) is 0 Å². The molecule has 21 heavy (non-hydrogen) atoms. The van der Waals surface area contributed by atoms with Crippen molar-refractivity contribution in [3.05, 3.63) is 22.6 Å². The van der Waals surface area contributed by atoms with Crippen LogP contribution in [0.4, 0.5) is 5.69 Å². The first-order chi connectivity index (χ1) is 10.1. The third-order valence-electron chi connectivity index (χ3n) is 4.36. The predicted molar refractivity (Wildman–Crippen MR) is 83.6 cm³/mol. The third kappa shape index (κ3) is 4.28. The molecule has 1 aromatic rings. The Morgan fingerprint density at radius 3 is 2.95 bits per heavy atom. The van der Waals surface area contributed by atoms with E-state index in [-0.39, 0.29) is 5.56 Å². The highest BCUT2D eigenvalue weighted by Gasteiger charge is 2.23. The highest BCUT2D eigenvalue weighted by Crippen LogP contribution is 2.26. The van der Waals surface area contributed by atoms with Crippen molar-refractivity contribution in [3.8, 4) is 0 Å². The van der Waals surface area contributed by atoms with Crippen LogP contribution in [0.2, 0.25) is 0 Å². The lowest BCUT2D eigenvalue weighted by Crippen LogP contribution is -2.30. The van der Waals surface area contributed by atoms with E-state index in [0.29, 0.717) is 25.1 Å². The molecule has 2 N–H and O–H groups in total. The summed E-state index contributed by atoms with van der Waals surface area (Å²) in [6.45, 7) is 2.01. The largest absolute Gasteiger partial charge is 0.383 e. The smallest absolute Gasteiger partial charge is 0.268 e. The van der Waals surface area contributed by atoms with E-state index in [2.05, 4.69) is 5.10 Å². The van der Waals surface area contributed by atoms with Crippen molar-refractivity contribution in [1.82, 2.24) is 9.78 Å². The summed E-state index contributed by atoms with van der Waals surface area (Å²) in [6.07, 6.45) is 6.17. The molecular formula is C15H26N4O2. The number of hydrogen-bond donors (Lipinski definition) is 1. The number of hydrogen-bond acceptors (Lipinski definition) is 5. The number of aryl methyl sites for hydroxylation is 1. The van der Waals surface area contributed by atoms with Crippen molar-refractivity contribution in [2.75, 3.05) is 32.2 Å². The molecule has 0 bridgehead atoms. The van der Waals surface area contributed by atoms with Crippen molar-refractivity contribution < 1.29 is 4.74 Å². The summed E-state index contributed by atoms with van der Waals surface area (Å²) in [5, 5.41) is 4.27. The monoisotopic (exact) mass is 294 g/mol. The second-order valence-corrected chi connectivity index (χ2v) is 5.83. The van der Waals surface area contributed by atoms with E-state index in [1.165, 1.54) is 12.8 Å². The lowest BCUT2D eigenvalue weighted by atomic mass is 10.0. The van der Waals surface area contributed by atoms with Crippen LogP contribution in [0.5, 0.6) is 0 Å². The molecule has 1 heterocycles. The first-order valence-corrected chi connectivity index (χ1v) is 7.64. The second-order valence-electron chi connectivity index (χ2n) is 5.83. The number of aromatic nitrogens is 2. The Kier molecular flexibility index (Phi) is 5.76. The van der Waals surface area contributed by atoms with Gasteiger partial charge in [-0.3, -0.25) is 4.79 Å². The molecule has 1 aliphatic rings. The SMILES string of the molecule is COCCN(C)c1cnn(CCC2CCCC2N)c(=O)c1. The molecule has 1 aliphatic carbocycles. The minimum atomic E-state index is -0.0525. The minimum absolute atomic E-state index is 0.0525. The fraction of sp³-hybridized carbons (Fsp3) is 0.733. The van der Waals surface area contributed by atoms with Crippen LogP contribution >= 0.6 is 0 Å². The maximum absolute atomic E-state index is 12.1. The molecule has 0 amide bonds. The van der Waals surface area contributed by atoms with Crippen LogP contribution in [0.1, 0.15) is 25.7 Å². The van der Waals surface area contributed by atoms with E-state index in [0.717, 1.165) is 25.1 Å². The first kappa shape index (κ1) is 16.0. The predicted octanol–water partition coefficient (Wildman–Crippen LogP) is 0.843. The van der Waals surface area contributed by atoms with Gasteiger partial charge in [0.05, 0.1) is 18.5 Å². The maximum Gasteiger partial charge on any atom is 0.268 e. The quantitative estimate of drug-likeness (QED) is 0.807. The zero-order valence-electron chi connectivity index (χ0n) is 13.0. The van der Waals surface area contributed by atoms with Crippen molar-refractivity contribution in [1.29, 1.82) is 0 Å². The number of likely N-dealkylation sites (N-methyl/N-ethyl adjacent to an activating group) is 1. The van der Waals surface area contributed by atoms with Gasteiger partial charge in [0.25, 0.3) is 5.56 Å². The van der Waals surface area contributed by atoms with Gasteiger partial charge in [0.1, 0.15) is 0 Å². The Morgan fingerprint density at radius 2 is 2.33 bits per heavy atom. The summed E-state index contributed by atoms with van der Waals surface area (Å²) in [6, 6.07) is 1.93. The molecule has 0 aromatic carbocycles. The molecule has 0 spiro atoms. The molecule has 118 valence electrons. The van der Waals surface area contributed by atoms with Gasteiger partial charge < -0.3 is 15.4 Å². The molecule has 1 aromatic heterocycles. The van der Waals surface area contributed by atoms with Crippen LogP contribution in [0, 0.1) is 5.92 Å². The van der Waals surface area contributed by atoms with Gasteiger partial charge in [0, 0.05) is 39.4 Å². The third-order valence-corrected chi connectivity index (χ3v) is 4.36. The van der Waals surface area contributed by atoms with E-state index in [9.17, 15) is 4.79 Å². The Hall–Kier alpha value is -1.40. The number of ether oxygens (including phenoxy) is 1. The Labute approximate surface area is 125 Å². The molecule has 2 unspecified atom stereocenters. The Morgan fingerprint density at radius 1 is 1.52 bits per heavy atom. The summed E-state index contributed by atoms with van der Waals surface area (Å²) >= 11 is 0. The molecule has 6 heteroatoms. The molecule has 0 saturated heterocycles. The highest BCUT2D eigenvalue weighted by molar-refractivity contribution is 5.41. The Bertz CT molecular complexity index is 503. The molecule has 1 fully saturated rings. The number of nitrogens with two attached hydrogens (primary N) is 1. The van der Waals surface area contributed by atoms with Crippen LogP contribution in [-0.4, -0.2) is 43.1 Å². The summed E-state index contributed by atoms with van der Waals surface area (Å²) in [7, 11) is 3.59. The number of rotatable bonds is 7. The zero-order valence-corrected chi connectivity index (χ0v) is 13.0. The van der Waals surface area contributed by atoms with Crippen LogP contribution in [0.3, 0.4) is 0 Å². The van der Waals surface area contributed by atoms with E-state index < -0.39 is 0 Å². The van der Waals surface area contributed by atoms with Gasteiger partial charge in [-0.15, -0.1) is 0 Å². The number of methoxy groups -OCH3 is 1. The van der Waals surface area contributed by atoms with Crippen LogP contribution in [0.15, 0.2) is 17.1 Å². The lowest BCUT2D eigenvalue weighted by Gasteiger charge is -2.19. The summed E-state index contributed by atoms with van der Waals surface area (Å²) in [5.41, 5.74) is 6.84. The van der Waals surface area contributed by atoms with Crippen molar-refractivity contribution in [2.24, 2.45) is 11.7 Å². The van der Waals surface area contributed by atoms with Gasteiger partial charge in [-0.05, 0) is 25.2 Å². The molecule has 1 saturated carbocycles. The van der Waals surface area contributed by atoms with Gasteiger partial charge in [0.15, 0.2) is 0 Å². The summed E-state index contributed by atoms with van der Waals surface area (Å²) in [4.78, 5) is 14.1. The summed E-state index contributed by atoms with van der Waals surface area (Å²) < 4.78 is 6.58. The molecular weight excluding hydrogens is 268 g/mol. The van der Waals surface area contributed by atoms with Gasteiger partial charge in [0.2, 0.25) is 0 Å². The van der Waals surface area contributed by atoms with Crippen LogP contribution in [-0.2, 0) is 11.3 Å². The van der Waals surface area contributed by atoms with Crippen molar-refractivity contribution in [2.45, 2.75) is 38.3 Å². The zero-order chi connectivity index (χ0) is 15.2. The fourth-order valence-corrected chi connectivity index (χ4v) is 2.87. The van der Waals surface area contributed by atoms with E-state index in [1.807, 2.05) is 11.9 Å². The van der Waals surface area contributed by atoms with Gasteiger partial charge >= 0.3 is 0 Å². The van der Waals surface area contributed by atoms with Gasteiger partial charge in [-0.25, -0.2) is 4.68 Å². The standard InChI is InChI=1S/C15H26N4O2/c1-18(8-9-21-2)13-10-15(20)19(17-11-13)7-6-12-4-3-5-14(12)16/h10-12,14H,3-9,16H2,1-2H3. The fourth-order valence-electron chi connectivity index (χ4n) is 2.87. The van der Waals surface area contributed by atoms with Gasteiger partial charge in [-0.1, -0.05) is 6.42 Å². The summed E-state index contributed by atoms with van der Waals surface area (Å²) in [5.74, 6) is 0.530. The first-order valence-electron chi connectivity index (χ1n) is 7.64. The Balaban J connectivity index is 1.94. The van der Waals surface area contributed by atoms with Crippen LogP contribution < -0.4 is 16.2 Å². The van der Waals surface area contributed by atoms with Crippen molar-refractivity contribution in [3.63, 3.8) is 0 Å². The second kappa shape index (κ2) is 7.56. The number of anilines is 1. The maximum atomic E-state index is 12.1. The van der Waals surface area contributed by atoms with Gasteiger partial charge in [-0.2, -0.15) is 5.10 Å². The lowest BCUT2D eigenvalue weighted by molar-refractivity contribution is 0.206. The average molecular weight is 294 g/mol. The molecule has 2 atom stereocenters. The van der Waals surface area contributed by atoms with E-state index in [1.54, 1.807) is 24.1 Å². The molecule has 0 radical (unpaired) electrons. The normalized spacial score (nSPS) is 21.7. The highest BCUT2D eigenvalue weighted by atomic mass is 16.5. The molecule has 0 aliphatic heterocycles. The molecule has 6 nitrogen and oxygen atoms in total. The van der Waals surface area contributed by atoms with Crippen molar-refractivity contribution >= 4 is 5.69 Å². The molecule has 2 rings (SSSR count). The number of nitrogens with zero attached hydrogens (tertiary/aromatic N) is 3. The average Bonchev–Trinajstić information content (AvgIpc) is 2.88. The topological polar surface area (TPSA) is 73.4 Å². The van der Waals surface area contributed by atoms with E-state index >= 15 is 0 Å². The van der Waals surface area contributed by atoms with E-state index in [4.69, 9.17) is 10.5 Å².